The molecule has 0 aliphatic rings. The highest BCUT2D eigenvalue weighted by Crippen LogP contribution is 2.16. The van der Waals surface area contributed by atoms with Gasteiger partial charge in [0.2, 0.25) is 0 Å². The van der Waals surface area contributed by atoms with Gasteiger partial charge in [-0.1, -0.05) is 20.3 Å². The summed E-state index contributed by atoms with van der Waals surface area (Å²) in [4.78, 5) is 14.0. The van der Waals surface area contributed by atoms with Gasteiger partial charge in [0.05, 0.1) is 6.61 Å². The SMILES string of the molecule is CCOC(=O)C(C)(N)CC(C)N(C)CC(C)CC. The summed E-state index contributed by atoms with van der Waals surface area (Å²) in [6, 6.07) is 0.262. The zero-order chi connectivity index (χ0) is 14.3. The highest BCUT2D eigenvalue weighted by molar-refractivity contribution is 5.80. The first-order valence-corrected chi connectivity index (χ1v) is 6.90. The number of nitrogens with two attached hydrogens (primary N) is 1. The zero-order valence-electron chi connectivity index (χ0n) is 12.8. The molecule has 18 heavy (non-hydrogen) atoms. The van der Waals surface area contributed by atoms with Gasteiger partial charge in [-0.25, -0.2) is 0 Å². The Morgan fingerprint density at radius 3 is 2.39 bits per heavy atom. The van der Waals surface area contributed by atoms with Crippen molar-refractivity contribution in [3.8, 4) is 0 Å². The van der Waals surface area contributed by atoms with Crippen molar-refractivity contribution in [2.45, 2.75) is 59.0 Å². The molecule has 0 aliphatic carbocycles. The normalized spacial score (nSPS) is 18.2. The van der Waals surface area contributed by atoms with Gasteiger partial charge in [0.25, 0.3) is 0 Å². The molecule has 0 aromatic carbocycles. The van der Waals surface area contributed by atoms with E-state index in [-0.39, 0.29) is 12.0 Å². The van der Waals surface area contributed by atoms with Crippen LogP contribution < -0.4 is 5.73 Å². The van der Waals surface area contributed by atoms with Crippen molar-refractivity contribution < 1.29 is 9.53 Å². The van der Waals surface area contributed by atoms with Crippen LogP contribution in [-0.2, 0) is 9.53 Å². The van der Waals surface area contributed by atoms with E-state index in [4.69, 9.17) is 10.5 Å². The predicted molar refractivity (Wildman–Crippen MR) is 75.4 cm³/mol. The molecule has 0 fully saturated rings. The summed E-state index contributed by atoms with van der Waals surface area (Å²) in [5, 5.41) is 0. The van der Waals surface area contributed by atoms with E-state index in [1.165, 1.54) is 0 Å². The van der Waals surface area contributed by atoms with E-state index >= 15 is 0 Å². The Balaban J connectivity index is 4.35. The summed E-state index contributed by atoms with van der Waals surface area (Å²) in [6.45, 7) is 11.5. The number of esters is 1. The molecule has 0 aromatic rings. The average molecular weight is 258 g/mol. The lowest BCUT2D eigenvalue weighted by atomic mass is 9.94. The van der Waals surface area contributed by atoms with Gasteiger partial charge in [-0.05, 0) is 40.2 Å². The fourth-order valence-corrected chi connectivity index (χ4v) is 1.95. The van der Waals surface area contributed by atoms with Gasteiger partial charge < -0.3 is 15.4 Å². The molecule has 0 saturated carbocycles. The topological polar surface area (TPSA) is 55.6 Å². The third-order valence-electron chi connectivity index (χ3n) is 3.51. The van der Waals surface area contributed by atoms with Crippen LogP contribution in [0.4, 0.5) is 0 Å². The van der Waals surface area contributed by atoms with Gasteiger partial charge in [-0.2, -0.15) is 0 Å². The lowest BCUT2D eigenvalue weighted by Crippen LogP contribution is -2.51. The molecule has 0 bridgehead atoms. The van der Waals surface area contributed by atoms with Crippen LogP contribution in [0.15, 0.2) is 0 Å². The molecule has 108 valence electrons. The Morgan fingerprint density at radius 2 is 1.94 bits per heavy atom. The van der Waals surface area contributed by atoms with Crippen molar-refractivity contribution >= 4 is 5.97 Å². The van der Waals surface area contributed by atoms with Crippen LogP contribution in [0.3, 0.4) is 0 Å². The summed E-state index contributed by atoms with van der Waals surface area (Å²) in [6.07, 6.45) is 1.77. The third kappa shape index (κ3) is 5.83. The van der Waals surface area contributed by atoms with Crippen molar-refractivity contribution in [1.82, 2.24) is 4.90 Å². The van der Waals surface area contributed by atoms with E-state index < -0.39 is 5.54 Å². The third-order valence-corrected chi connectivity index (χ3v) is 3.51. The molecule has 0 radical (unpaired) electrons. The van der Waals surface area contributed by atoms with Gasteiger partial charge in [0, 0.05) is 12.6 Å². The molecule has 0 aliphatic heterocycles. The number of rotatable bonds is 8. The molecule has 0 amide bonds. The van der Waals surface area contributed by atoms with Crippen molar-refractivity contribution in [3.63, 3.8) is 0 Å². The molecule has 0 spiro atoms. The van der Waals surface area contributed by atoms with Gasteiger partial charge in [0.15, 0.2) is 0 Å². The van der Waals surface area contributed by atoms with Gasteiger partial charge >= 0.3 is 5.97 Å². The predicted octanol–water partition coefficient (Wildman–Crippen LogP) is 2.02. The summed E-state index contributed by atoms with van der Waals surface area (Å²) < 4.78 is 5.01. The number of carbonyl (C=O) groups excluding carboxylic acids is 1. The fraction of sp³-hybridized carbons (Fsp3) is 0.929. The molecule has 4 nitrogen and oxygen atoms in total. The molecule has 0 aromatic heterocycles. The molecule has 0 saturated heterocycles. The minimum Gasteiger partial charge on any atom is -0.465 e. The lowest BCUT2D eigenvalue weighted by Gasteiger charge is -2.32. The van der Waals surface area contributed by atoms with E-state index in [1.54, 1.807) is 13.8 Å². The van der Waals surface area contributed by atoms with Gasteiger partial charge in [0.1, 0.15) is 5.54 Å². The number of hydrogen-bond donors (Lipinski definition) is 1. The lowest BCUT2D eigenvalue weighted by molar-refractivity contribution is -0.149. The van der Waals surface area contributed by atoms with E-state index in [2.05, 4.69) is 32.7 Å². The largest absolute Gasteiger partial charge is 0.465 e. The monoisotopic (exact) mass is 258 g/mol. The summed E-state index contributed by atoms with van der Waals surface area (Å²) in [5.74, 6) is 0.345. The molecular formula is C14H30N2O2. The van der Waals surface area contributed by atoms with Crippen molar-refractivity contribution in [2.75, 3.05) is 20.2 Å². The Bertz CT molecular complexity index is 254. The minimum absolute atomic E-state index is 0.262. The second kappa shape index (κ2) is 7.74. The first kappa shape index (κ1) is 17.4. The van der Waals surface area contributed by atoms with E-state index in [9.17, 15) is 4.79 Å². The van der Waals surface area contributed by atoms with Crippen LogP contribution in [0.5, 0.6) is 0 Å². The van der Waals surface area contributed by atoms with Crippen molar-refractivity contribution in [3.05, 3.63) is 0 Å². The first-order valence-electron chi connectivity index (χ1n) is 6.90. The number of carbonyl (C=O) groups is 1. The highest BCUT2D eigenvalue weighted by Gasteiger charge is 2.32. The average Bonchev–Trinajstić information content (AvgIpc) is 2.28. The van der Waals surface area contributed by atoms with Crippen LogP contribution in [-0.4, -0.2) is 42.6 Å². The molecule has 3 atom stereocenters. The number of nitrogens with zero attached hydrogens (tertiary/aromatic N) is 1. The second-order valence-corrected chi connectivity index (χ2v) is 5.64. The van der Waals surface area contributed by atoms with E-state index in [0.29, 0.717) is 18.9 Å². The maximum atomic E-state index is 11.7. The van der Waals surface area contributed by atoms with Crippen LogP contribution in [0.1, 0.15) is 47.5 Å². The highest BCUT2D eigenvalue weighted by atomic mass is 16.5. The standard InChI is InChI=1S/C14H30N2O2/c1-7-11(3)10-16(6)12(4)9-14(5,15)13(17)18-8-2/h11-12H,7-10,15H2,1-6H3. The van der Waals surface area contributed by atoms with Crippen LogP contribution >= 0.6 is 0 Å². The van der Waals surface area contributed by atoms with Crippen molar-refractivity contribution in [2.24, 2.45) is 11.7 Å². The fourth-order valence-electron chi connectivity index (χ4n) is 1.95. The van der Waals surface area contributed by atoms with Crippen LogP contribution in [0, 0.1) is 5.92 Å². The summed E-state index contributed by atoms with van der Waals surface area (Å²) in [7, 11) is 2.08. The number of hydrogen-bond acceptors (Lipinski definition) is 4. The Hall–Kier alpha value is -0.610. The molecule has 3 unspecified atom stereocenters. The molecule has 0 rings (SSSR count). The molecule has 2 N–H and O–H groups in total. The van der Waals surface area contributed by atoms with Gasteiger partial charge in [-0.15, -0.1) is 0 Å². The summed E-state index contributed by atoms with van der Waals surface area (Å²) >= 11 is 0. The molecule has 4 heteroatoms. The Morgan fingerprint density at radius 1 is 1.39 bits per heavy atom. The van der Waals surface area contributed by atoms with E-state index in [1.807, 2.05) is 0 Å². The summed E-state index contributed by atoms with van der Waals surface area (Å²) in [5.41, 5.74) is 5.14. The Labute approximate surface area is 112 Å². The molecular weight excluding hydrogens is 228 g/mol. The minimum atomic E-state index is -0.904. The quantitative estimate of drug-likeness (QED) is 0.677. The van der Waals surface area contributed by atoms with Crippen LogP contribution in [0.2, 0.25) is 0 Å². The maximum Gasteiger partial charge on any atom is 0.325 e. The smallest absolute Gasteiger partial charge is 0.325 e. The van der Waals surface area contributed by atoms with Crippen molar-refractivity contribution in [1.29, 1.82) is 0 Å². The second-order valence-electron chi connectivity index (χ2n) is 5.64. The molecule has 0 heterocycles. The van der Waals surface area contributed by atoms with Crippen LogP contribution in [0.25, 0.3) is 0 Å². The Kier molecular flexibility index (Phi) is 7.48. The van der Waals surface area contributed by atoms with E-state index in [0.717, 1.165) is 13.0 Å². The zero-order valence-corrected chi connectivity index (χ0v) is 12.8. The number of ether oxygens (including phenoxy) is 1. The first-order chi connectivity index (χ1) is 8.24. The maximum absolute atomic E-state index is 11.7. The van der Waals surface area contributed by atoms with Gasteiger partial charge in [-0.3, -0.25) is 4.79 Å².